The summed E-state index contributed by atoms with van der Waals surface area (Å²) < 4.78 is 33.2. The molecular formula is C14H10BrClF2O. The minimum Gasteiger partial charge on any atom is -0.497 e. The van der Waals surface area contributed by atoms with Crippen LogP contribution in [0.4, 0.5) is 8.78 Å². The zero-order valence-electron chi connectivity index (χ0n) is 9.96. The lowest BCUT2D eigenvalue weighted by atomic mass is 10.0. The maximum atomic E-state index is 13.9. The van der Waals surface area contributed by atoms with Crippen LogP contribution in [0.15, 0.2) is 40.9 Å². The van der Waals surface area contributed by atoms with Crippen molar-refractivity contribution >= 4 is 27.5 Å². The summed E-state index contributed by atoms with van der Waals surface area (Å²) in [7, 11) is 1.44. The van der Waals surface area contributed by atoms with Gasteiger partial charge in [0.2, 0.25) is 0 Å². The van der Waals surface area contributed by atoms with Crippen molar-refractivity contribution in [2.75, 3.05) is 7.11 Å². The Morgan fingerprint density at radius 2 is 1.89 bits per heavy atom. The van der Waals surface area contributed by atoms with Crippen molar-refractivity contribution in [3.8, 4) is 5.75 Å². The first-order valence-corrected chi connectivity index (χ1v) is 6.69. The molecule has 2 aromatic rings. The molecule has 2 aromatic carbocycles. The predicted octanol–water partition coefficient (Wildman–Crippen LogP) is 5.06. The van der Waals surface area contributed by atoms with E-state index in [1.807, 2.05) is 0 Å². The van der Waals surface area contributed by atoms with Crippen molar-refractivity contribution < 1.29 is 13.5 Å². The van der Waals surface area contributed by atoms with E-state index in [1.165, 1.54) is 25.3 Å². The van der Waals surface area contributed by atoms with E-state index >= 15 is 0 Å². The largest absolute Gasteiger partial charge is 0.497 e. The van der Waals surface area contributed by atoms with Gasteiger partial charge in [-0.2, -0.15) is 0 Å². The Morgan fingerprint density at radius 3 is 2.47 bits per heavy atom. The van der Waals surface area contributed by atoms with E-state index in [0.29, 0.717) is 10.2 Å². The lowest BCUT2D eigenvalue weighted by Crippen LogP contribution is -2.01. The second-order valence-electron chi connectivity index (χ2n) is 3.89. The van der Waals surface area contributed by atoms with Gasteiger partial charge in [-0.25, -0.2) is 8.78 Å². The van der Waals surface area contributed by atoms with Gasteiger partial charge in [0.1, 0.15) is 17.4 Å². The van der Waals surface area contributed by atoms with Gasteiger partial charge in [-0.1, -0.05) is 28.1 Å². The van der Waals surface area contributed by atoms with Crippen LogP contribution in [-0.4, -0.2) is 7.11 Å². The van der Waals surface area contributed by atoms with Gasteiger partial charge in [0.15, 0.2) is 0 Å². The van der Waals surface area contributed by atoms with Crippen LogP contribution in [0.1, 0.15) is 16.5 Å². The quantitative estimate of drug-likeness (QED) is 0.705. The van der Waals surface area contributed by atoms with E-state index in [2.05, 4.69) is 15.9 Å². The van der Waals surface area contributed by atoms with Crippen LogP contribution < -0.4 is 4.74 Å². The van der Waals surface area contributed by atoms with Gasteiger partial charge >= 0.3 is 0 Å². The summed E-state index contributed by atoms with van der Waals surface area (Å²) in [5.74, 6) is -0.628. The number of hydrogen-bond acceptors (Lipinski definition) is 1. The Hall–Kier alpha value is -1.13. The molecule has 5 heteroatoms. The summed E-state index contributed by atoms with van der Waals surface area (Å²) in [6, 6.07) is 8.80. The molecule has 0 bridgehead atoms. The number of rotatable bonds is 3. The first-order chi connectivity index (χ1) is 9.04. The van der Waals surface area contributed by atoms with Gasteiger partial charge in [-0.05, 0) is 18.2 Å². The summed E-state index contributed by atoms with van der Waals surface area (Å²) in [4.78, 5) is 0. The van der Waals surface area contributed by atoms with Gasteiger partial charge in [-0.3, -0.25) is 0 Å². The van der Waals surface area contributed by atoms with E-state index in [-0.39, 0.29) is 11.1 Å². The highest BCUT2D eigenvalue weighted by Crippen LogP contribution is 2.37. The van der Waals surface area contributed by atoms with Crippen LogP contribution >= 0.6 is 27.5 Å². The molecule has 2 rings (SSSR count). The van der Waals surface area contributed by atoms with Crippen LogP contribution in [0.3, 0.4) is 0 Å². The van der Waals surface area contributed by atoms with Gasteiger partial charge in [0.05, 0.1) is 12.5 Å². The molecule has 0 N–H and O–H groups in total. The average Bonchev–Trinajstić information content (AvgIpc) is 2.38. The van der Waals surface area contributed by atoms with E-state index in [0.717, 1.165) is 0 Å². The molecule has 1 unspecified atom stereocenters. The van der Waals surface area contributed by atoms with Crippen molar-refractivity contribution in [3.05, 3.63) is 63.6 Å². The summed E-state index contributed by atoms with van der Waals surface area (Å²) in [5, 5.41) is -0.915. The van der Waals surface area contributed by atoms with E-state index in [4.69, 9.17) is 16.3 Å². The number of methoxy groups -OCH3 is 1. The standard InChI is InChI=1S/C14H10BrClF2O/c1-19-8-5-6-9(12(18)7-8)14(16)13-10(15)3-2-4-11(13)17/h2-7,14H,1H3. The number of ether oxygens (including phenoxy) is 1. The molecule has 1 nitrogen and oxygen atoms in total. The van der Waals surface area contributed by atoms with Gasteiger partial charge < -0.3 is 4.74 Å². The molecule has 0 spiro atoms. The zero-order chi connectivity index (χ0) is 14.0. The van der Waals surface area contributed by atoms with E-state index in [9.17, 15) is 8.78 Å². The third-order valence-corrected chi connectivity index (χ3v) is 3.88. The molecule has 100 valence electrons. The SMILES string of the molecule is COc1ccc(C(Cl)c2c(F)cccc2Br)c(F)c1. The molecule has 0 heterocycles. The predicted molar refractivity (Wildman–Crippen MR) is 74.7 cm³/mol. The fourth-order valence-corrected chi connectivity index (χ4v) is 2.85. The Kier molecular flexibility index (Phi) is 4.42. The Morgan fingerprint density at radius 1 is 1.16 bits per heavy atom. The molecule has 0 aliphatic heterocycles. The van der Waals surface area contributed by atoms with Gasteiger partial charge in [0, 0.05) is 21.7 Å². The summed E-state index contributed by atoms with van der Waals surface area (Å²) >= 11 is 9.42. The monoisotopic (exact) mass is 346 g/mol. The lowest BCUT2D eigenvalue weighted by Gasteiger charge is -2.14. The Balaban J connectivity index is 2.47. The molecule has 0 radical (unpaired) electrons. The zero-order valence-corrected chi connectivity index (χ0v) is 12.3. The van der Waals surface area contributed by atoms with Crippen molar-refractivity contribution in [2.24, 2.45) is 0 Å². The highest BCUT2D eigenvalue weighted by Gasteiger charge is 2.21. The van der Waals surface area contributed by atoms with E-state index in [1.54, 1.807) is 18.2 Å². The fourth-order valence-electron chi connectivity index (χ4n) is 1.75. The number of benzene rings is 2. The first kappa shape index (κ1) is 14.3. The van der Waals surface area contributed by atoms with Crippen LogP contribution in [0.25, 0.3) is 0 Å². The first-order valence-electron chi connectivity index (χ1n) is 5.46. The highest BCUT2D eigenvalue weighted by molar-refractivity contribution is 9.10. The smallest absolute Gasteiger partial charge is 0.131 e. The van der Waals surface area contributed by atoms with Crippen molar-refractivity contribution in [3.63, 3.8) is 0 Å². The van der Waals surface area contributed by atoms with Crippen LogP contribution in [0.2, 0.25) is 0 Å². The summed E-state index contributed by atoms with van der Waals surface area (Å²) in [6.45, 7) is 0. The third kappa shape index (κ3) is 2.90. The molecule has 0 amide bonds. The second kappa shape index (κ2) is 5.88. The maximum Gasteiger partial charge on any atom is 0.131 e. The van der Waals surface area contributed by atoms with E-state index < -0.39 is 17.0 Å². The number of halogens is 4. The topological polar surface area (TPSA) is 9.23 Å². The number of alkyl halides is 1. The van der Waals surface area contributed by atoms with Crippen molar-refractivity contribution in [1.29, 1.82) is 0 Å². The molecule has 1 atom stereocenters. The number of hydrogen-bond donors (Lipinski definition) is 0. The molecule has 0 fully saturated rings. The van der Waals surface area contributed by atoms with Crippen LogP contribution in [0, 0.1) is 11.6 Å². The van der Waals surface area contributed by atoms with Crippen molar-refractivity contribution in [2.45, 2.75) is 5.38 Å². The van der Waals surface area contributed by atoms with Gasteiger partial charge in [0.25, 0.3) is 0 Å². The van der Waals surface area contributed by atoms with Crippen LogP contribution in [0.5, 0.6) is 5.75 Å². The molecule has 0 saturated heterocycles. The summed E-state index contributed by atoms with van der Waals surface area (Å²) in [6.07, 6.45) is 0. The molecule has 0 aliphatic rings. The molecule has 0 aliphatic carbocycles. The Bertz CT molecular complexity index is 584. The summed E-state index contributed by atoms with van der Waals surface area (Å²) in [5.41, 5.74) is 0.418. The lowest BCUT2D eigenvalue weighted by molar-refractivity contribution is 0.410. The normalized spacial score (nSPS) is 12.3. The highest BCUT2D eigenvalue weighted by atomic mass is 79.9. The minimum atomic E-state index is -0.915. The average molecular weight is 348 g/mol. The third-order valence-electron chi connectivity index (χ3n) is 2.73. The molecule has 19 heavy (non-hydrogen) atoms. The Labute approximate surface area is 123 Å². The fraction of sp³-hybridized carbons (Fsp3) is 0.143. The minimum absolute atomic E-state index is 0.202. The second-order valence-corrected chi connectivity index (χ2v) is 5.18. The molecule has 0 saturated carbocycles. The molecule has 0 aromatic heterocycles. The molecular weight excluding hydrogens is 338 g/mol. The van der Waals surface area contributed by atoms with Crippen LogP contribution in [-0.2, 0) is 0 Å². The maximum absolute atomic E-state index is 13.9. The van der Waals surface area contributed by atoms with Crippen molar-refractivity contribution in [1.82, 2.24) is 0 Å². The van der Waals surface area contributed by atoms with Gasteiger partial charge in [-0.15, -0.1) is 11.6 Å².